The third-order valence-corrected chi connectivity index (χ3v) is 16.4. The summed E-state index contributed by atoms with van der Waals surface area (Å²) in [7, 11) is 0. The van der Waals surface area contributed by atoms with Crippen molar-refractivity contribution < 1.29 is 6.14 Å². The summed E-state index contributed by atoms with van der Waals surface area (Å²) in [5.41, 5.74) is 3.99. The smallest absolute Gasteiger partial charge is 0.230 e. The molecule has 0 fully saturated rings. The van der Waals surface area contributed by atoms with Crippen LogP contribution in [0.15, 0.2) is 12.1 Å². The Hall–Kier alpha value is -0.450. The van der Waals surface area contributed by atoms with Crippen LogP contribution < -0.4 is 0 Å². The topological polar surface area (TPSA) is 34.1 Å². The largest absolute Gasteiger partial charge is 0.341 e. The molecule has 0 aliphatic carbocycles. The van der Waals surface area contributed by atoms with Gasteiger partial charge in [0, 0.05) is 0 Å². The fourth-order valence-corrected chi connectivity index (χ4v) is 11.7. The van der Waals surface area contributed by atoms with Gasteiger partial charge in [0.25, 0.3) is 0 Å². The van der Waals surface area contributed by atoms with E-state index in [0.29, 0.717) is 0 Å². The normalized spacial score (nSPS) is 11.7. The summed E-state index contributed by atoms with van der Waals surface area (Å²) >= 11 is -3.55. The lowest BCUT2D eigenvalue weighted by molar-refractivity contribution is 0.528. The van der Waals surface area contributed by atoms with Gasteiger partial charge in [-0.2, -0.15) is 0 Å². The van der Waals surface area contributed by atoms with Crippen LogP contribution >= 0.6 is 19.8 Å². The minimum atomic E-state index is -3.55. The fourth-order valence-electron chi connectivity index (χ4n) is 10.1. The monoisotopic (exact) mass is 993 g/mol. The highest BCUT2D eigenvalue weighted by molar-refractivity contribution is 14.2. The van der Waals surface area contributed by atoms with Crippen molar-refractivity contribution in [3.63, 3.8) is 0 Å². The van der Waals surface area contributed by atoms with Crippen LogP contribution in [0.5, 0.6) is 0 Å². The molecule has 1 aromatic carbocycles. The molecule has 0 bridgehead atoms. The van der Waals surface area contributed by atoms with Gasteiger partial charge >= 0.3 is 19.8 Å². The predicted octanol–water partition coefficient (Wildman–Crippen LogP) is 22.5. The van der Waals surface area contributed by atoms with Gasteiger partial charge in [0.05, 0.1) is 3.57 Å². The Morgan fingerprint density at radius 3 is 0.619 bits per heavy atom. The fraction of sp³-hybridized carbons (Fsp3) is 0.900. The molecule has 0 aromatic heterocycles. The maximum absolute atomic E-state index is 12.7. The van der Waals surface area contributed by atoms with E-state index in [1.165, 1.54) is 313 Å². The average Bonchev–Trinajstić information content (AvgIpc) is 3.28. The molecule has 0 aliphatic heterocycles. The summed E-state index contributed by atoms with van der Waals surface area (Å²) in [5, 5.41) is 0. The van der Waals surface area contributed by atoms with Crippen LogP contribution in [-0.2, 0) is 25.4 Å². The molecule has 0 aliphatic rings. The summed E-state index contributed by atoms with van der Waals surface area (Å²) in [6.45, 7) is 6.91. The Kier molecular flexibility index (Phi) is 47.5. The highest BCUT2D eigenvalue weighted by atomic mass is 127. The molecule has 0 amide bonds. The third-order valence-electron chi connectivity index (χ3n) is 14.4. The minimum absolute atomic E-state index is 0.724. The summed E-state index contributed by atoms with van der Waals surface area (Å²) in [4.78, 5) is 0. The number of rotatable bonds is 52. The van der Waals surface area contributed by atoms with Gasteiger partial charge in [-0.3, -0.25) is 0 Å². The Bertz CT molecular complexity index is 1130. The second-order valence-corrected chi connectivity index (χ2v) is 23.0. The molecule has 0 saturated heterocycles. The van der Waals surface area contributed by atoms with Crippen LogP contribution in [0.2, 0.25) is 0 Å². The molecule has 0 heterocycles. The number of hydrogen-bond donors (Lipinski definition) is 0. The van der Waals surface area contributed by atoms with Crippen LogP contribution in [0.3, 0.4) is 0 Å². The van der Waals surface area contributed by atoms with Crippen LogP contribution in [0, 0.1) is 3.57 Å². The number of hydrogen-bond acceptors (Lipinski definition) is 2. The summed E-state index contributed by atoms with van der Waals surface area (Å²) in [6.07, 6.45) is 69.8. The number of benzene rings is 1. The van der Waals surface area contributed by atoms with E-state index in [9.17, 15) is 6.14 Å². The summed E-state index contributed by atoms with van der Waals surface area (Å²) in [5.74, 6) is 0. The summed E-state index contributed by atoms with van der Waals surface area (Å²) < 4.78 is 26.2. The first-order valence-corrected chi connectivity index (χ1v) is 32.2. The van der Waals surface area contributed by atoms with Crippen molar-refractivity contribution >= 4 is 19.8 Å². The molecular weight excluding hydrogens is 880 g/mol. The highest BCUT2D eigenvalue weighted by Gasteiger charge is 2.14. The van der Waals surface area contributed by atoms with E-state index in [2.05, 4.69) is 32.9 Å². The van der Waals surface area contributed by atoms with Crippen LogP contribution in [0.1, 0.15) is 346 Å². The van der Waals surface area contributed by atoms with Gasteiger partial charge in [0.1, 0.15) is 0 Å². The van der Waals surface area contributed by atoms with E-state index in [4.69, 9.17) is 0 Å². The second kappa shape index (κ2) is 49.5. The van der Waals surface area contributed by atoms with Crippen molar-refractivity contribution in [1.29, 1.82) is 0 Å². The molecule has 63 heavy (non-hydrogen) atoms. The molecule has 1 aromatic rings. The zero-order chi connectivity index (χ0) is 45.4. The average molecular weight is 993 g/mol. The Morgan fingerprint density at radius 1 is 0.238 bits per heavy atom. The van der Waals surface area contributed by atoms with Gasteiger partial charge in [0.2, 0.25) is 0 Å². The van der Waals surface area contributed by atoms with Gasteiger partial charge in [-0.15, -0.1) is 0 Å². The first-order valence-electron chi connectivity index (χ1n) is 29.3. The van der Waals surface area contributed by atoms with E-state index >= 15 is 0 Å². The lowest BCUT2D eigenvalue weighted by Crippen LogP contribution is -2.02. The van der Waals surface area contributed by atoms with Crippen LogP contribution in [0.25, 0.3) is 0 Å². The van der Waals surface area contributed by atoms with Crippen molar-refractivity contribution in [2.45, 2.75) is 348 Å². The number of aryl methyl sites for hydroxylation is 3. The van der Waals surface area contributed by atoms with Gasteiger partial charge in [-0.25, -0.2) is 6.14 Å². The van der Waals surface area contributed by atoms with E-state index in [1.807, 2.05) is 0 Å². The van der Waals surface area contributed by atoms with E-state index in [1.54, 1.807) is 0 Å². The molecule has 1 rings (SSSR count). The van der Waals surface area contributed by atoms with Gasteiger partial charge in [0.15, 0.2) is 0 Å². The lowest BCUT2D eigenvalue weighted by atomic mass is 9.93. The molecule has 0 unspecified atom stereocenters. The molecule has 0 spiro atoms. The predicted molar refractivity (Wildman–Crippen MR) is 290 cm³/mol. The Balaban J connectivity index is 2.45. The summed E-state index contributed by atoms with van der Waals surface area (Å²) in [6, 6.07) is 4.55. The van der Waals surface area contributed by atoms with Crippen molar-refractivity contribution in [2.75, 3.05) is 0 Å². The van der Waals surface area contributed by atoms with E-state index in [0.717, 1.165) is 34.8 Å². The highest BCUT2D eigenvalue weighted by Crippen LogP contribution is 2.30. The van der Waals surface area contributed by atoms with Crippen LogP contribution in [-0.4, -0.2) is 0 Å². The Morgan fingerprint density at radius 2 is 0.413 bits per heavy atom. The third kappa shape index (κ3) is 40.3. The molecular formula is C60H113IO2. The molecule has 0 saturated carbocycles. The zero-order valence-electron chi connectivity index (χ0n) is 43.4. The van der Waals surface area contributed by atoms with Crippen molar-refractivity contribution in [1.82, 2.24) is 0 Å². The molecule has 0 radical (unpaired) electrons. The Labute approximate surface area is 404 Å². The van der Waals surface area contributed by atoms with Gasteiger partial charge < -0.3 is 0 Å². The number of halogens is 1. The van der Waals surface area contributed by atoms with E-state index < -0.39 is 19.8 Å². The van der Waals surface area contributed by atoms with Gasteiger partial charge in [-0.05, 0) is 61.3 Å². The van der Waals surface area contributed by atoms with Crippen molar-refractivity contribution in [3.8, 4) is 0 Å². The molecule has 0 N–H and O–H groups in total. The first-order chi connectivity index (χ1) is 31.1. The maximum atomic E-state index is 12.7. The van der Waals surface area contributed by atoms with Crippen LogP contribution in [0.4, 0.5) is 0 Å². The molecule has 0 atom stereocenters. The van der Waals surface area contributed by atoms with Crippen molar-refractivity contribution in [2.24, 2.45) is 0 Å². The molecule has 2 nitrogen and oxygen atoms in total. The molecule has 372 valence electrons. The van der Waals surface area contributed by atoms with E-state index in [-0.39, 0.29) is 0 Å². The molecule has 3 heteroatoms. The SMILES string of the molecule is CCCCCCCCCCCCCCCCCCc1cc(CCCCCCCCCCCCCCCCCC)c(I(=O)=O)cc1CCCCCCCCCCCCCCCCCC. The standard InChI is InChI=1S/C60H113IO2/c1-4-7-10-13-16-19-22-25-28-31-34-37-40-43-46-49-52-57-55-59(54-51-48-45-42-39-36-33-30-27-24-21-18-15-12-9-6-3)60(61(62)63)56-58(57)53-50-47-44-41-38-35-32-29-26-23-20-17-14-11-8-5-2/h55-56H,4-54H2,1-3H3. The van der Waals surface area contributed by atoms with Crippen molar-refractivity contribution in [3.05, 3.63) is 32.4 Å². The quantitative estimate of drug-likeness (QED) is 0.0481. The maximum Gasteiger partial charge on any atom is 0.341 e. The minimum Gasteiger partial charge on any atom is -0.230 e. The lowest BCUT2D eigenvalue weighted by Gasteiger charge is -2.15. The zero-order valence-corrected chi connectivity index (χ0v) is 45.6. The van der Waals surface area contributed by atoms with Gasteiger partial charge in [-0.1, -0.05) is 316 Å². The number of unbranched alkanes of at least 4 members (excludes halogenated alkanes) is 45. The second-order valence-electron chi connectivity index (χ2n) is 20.6. The first kappa shape index (κ1) is 60.6.